The predicted molar refractivity (Wildman–Crippen MR) is 90.4 cm³/mol. The van der Waals surface area contributed by atoms with E-state index in [1.165, 1.54) is 0 Å². The molecular weight excluding hydrogens is 288 g/mol. The van der Waals surface area contributed by atoms with E-state index < -0.39 is 5.60 Å². The van der Waals surface area contributed by atoms with Crippen LogP contribution in [0.5, 0.6) is 0 Å². The molecule has 4 heteroatoms. The van der Waals surface area contributed by atoms with E-state index in [0.717, 1.165) is 16.6 Å². The second-order valence-electron chi connectivity index (χ2n) is 6.24. The molecule has 1 aliphatic rings. The van der Waals surface area contributed by atoms with E-state index in [-0.39, 0.29) is 11.9 Å². The van der Waals surface area contributed by atoms with Crippen LogP contribution in [0, 0.1) is 0 Å². The van der Waals surface area contributed by atoms with Gasteiger partial charge in [-0.25, -0.2) is 0 Å². The largest absolute Gasteiger partial charge is 0.372 e. The molecular formula is C19H18N2O2. The monoisotopic (exact) mass is 306 g/mol. The number of nitrogens with one attached hydrogen (secondary N) is 1. The molecule has 2 heterocycles. The molecule has 0 aliphatic carbocycles. The molecule has 1 aromatic heterocycles. The minimum Gasteiger partial charge on any atom is -0.372 e. The topological polar surface area (TPSA) is 56.3 Å². The number of carbonyl (C=O) groups is 1. The maximum absolute atomic E-state index is 13.1. The molecule has 0 bridgehead atoms. The number of H-pyrrole nitrogens is 1. The number of benzene rings is 2. The van der Waals surface area contributed by atoms with Crippen LogP contribution in [-0.4, -0.2) is 22.0 Å². The molecule has 2 aromatic carbocycles. The summed E-state index contributed by atoms with van der Waals surface area (Å²) in [5, 5.41) is 12.3. The van der Waals surface area contributed by atoms with Gasteiger partial charge in [0.25, 0.3) is 5.91 Å². The molecule has 1 atom stereocenters. The van der Waals surface area contributed by atoms with Gasteiger partial charge in [0.15, 0.2) is 5.60 Å². The molecule has 0 fully saturated rings. The SMILES string of the molecule is CC(C)N1C(=O)[C@](O)(c2c[nH]c3ccccc23)c2ccccc21. The normalized spacial score (nSPS) is 20.5. The van der Waals surface area contributed by atoms with Gasteiger partial charge in [0.1, 0.15) is 0 Å². The number of carbonyl (C=O) groups excluding carboxylic acids is 1. The zero-order valence-corrected chi connectivity index (χ0v) is 13.1. The van der Waals surface area contributed by atoms with Gasteiger partial charge in [-0.05, 0) is 26.0 Å². The highest BCUT2D eigenvalue weighted by Crippen LogP contribution is 2.46. The van der Waals surface area contributed by atoms with Gasteiger partial charge in [0.2, 0.25) is 0 Å². The van der Waals surface area contributed by atoms with Crippen molar-refractivity contribution in [2.45, 2.75) is 25.5 Å². The van der Waals surface area contributed by atoms with Gasteiger partial charge in [0.05, 0.1) is 5.69 Å². The summed E-state index contributed by atoms with van der Waals surface area (Å²) in [4.78, 5) is 18.0. The van der Waals surface area contributed by atoms with Gasteiger partial charge in [-0.2, -0.15) is 0 Å². The molecule has 3 aromatic rings. The highest BCUT2D eigenvalue weighted by molar-refractivity contribution is 6.11. The third kappa shape index (κ3) is 1.72. The Morgan fingerprint density at radius 3 is 2.52 bits per heavy atom. The maximum Gasteiger partial charge on any atom is 0.268 e. The number of hydrogen-bond donors (Lipinski definition) is 2. The zero-order chi connectivity index (χ0) is 16.2. The van der Waals surface area contributed by atoms with E-state index in [9.17, 15) is 9.90 Å². The van der Waals surface area contributed by atoms with E-state index >= 15 is 0 Å². The first-order chi connectivity index (χ1) is 11.0. The number of fused-ring (bicyclic) bond motifs is 2. The van der Waals surface area contributed by atoms with Gasteiger partial charge in [-0.3, -0.25) is 4.79 Å². The highest BCUT2D eigenvalue weighted by atomic mass is 16.3. The number of para-hydroxylation sites is 2. The van der Waals surface area contributed by atoms with Crippen LogP contribution in [-0.2, 0) is 10.4 Å². The first-order valence-corrected chi connectivity index (χ1v) is 7.77. The molecule has 4 rings (SSSR count). The van der Waals surface area contributed by atoms with Crippen molar-refractivity contribution in [2.24, 2.45) is 0 Å². The van der Waals surface area contributed by atoms with Crippen LogP contribution in [0.25, 0.3) is 10.9 Å². The quantitative estimate of drug-likeness (QED) is 0.764. The van der Waals surface area contributed by atoms with Crippen molar-refractivity contribution in [1.82, 2.24) is 4.98 Å². The molecule has 0 saturated heterocycles. The molecule has 4 nitrogen and oxygen atoms in total. The number of anilines is 1. The molecule has 1 aliphatic heterocycles. The van der Waals surface area contributed by atoms with E-state index in [4.69, 9.17) is 0 Å². The number of aromatic nitrogens is 1. The summed E-state index contributed by atoms with van der Waals surface area (Å²) >= 11 is 0. The summed E-state index contributed by atoms with van der Waals surface area (Å²) in [5.41, 5.74) is 1.28. The second-order valence-corrected chi connectivity index (χ2v) is 6.24. The number of hydrogen-bond acceptors (Lipinski definition) is 2. The van der Waals surface area contributed by atoms with Gasteiger partial charge >= 0.3 is 0 Å². The molecule has 0 saturated carbocycles. The molecule has 2 N–H and O–H groups in total. The lowest BCUT2D eigenvalue weighted by molar-refractivity contribution is -0.132. The fourth-order valence-corrected chi connectivity index (χ4v) is 3.53. The van der Waals surface area contributed by atoms with Crippen LogP contribution >= 0.6 is 0 Å². The molecule has 0 radical (unpaired) electrons. The van der Waals surface area contributed by atoms with Gasteiger partial charge in [-0.1, -0.05) is 36.4 Å². The number of nitrogens with zero attached hydrogens (tertiary/aromatic N) is 1. The van der Waals surface area contributed by atoms with Gasteiger partial charge in [0, 0.05) is 34.3 Å². The number of amides is 1. The van der Waals surface area contributed by atoms with Crippen LogP contribution in [0.2, 0.25) is 0 Å². The Kier molecular flexibility index (Phi) is 2.87. The van der Waals surface area contributed by atoms with Crippen molar-refractivity contribution in [2.75, 3.05) is 4.90 Å². The van der Waals surface area contributed by atoms with Crippen LogP contribution in [0.1, 0.15) is 25.0 Å². The van der Waals surface area contributed by atoms with Crippen LogP contribution in [0.15, 0.2) is 54.7 Å². The average molecular weight is 306 g/mol. The molecule has 116 valence electrons. The number of aromatic amines is 1. The smallest absolute Gasteiger partial charge is 0.268 e. The van der Waals surface area contributed by atoms with E-state index in [1.807, 2.05) is 62.4 Å². The zero-order valence-electron chi connectivity index (χ0n) is 13.1. The standard InChI is InChI=1S/C19H18N2O2/c1-12(2)21-17-10-6-4-8-14(17)19(23,18(21)22)15-11-20-16-9-5-3-7-13(15)16/h3-12,20,23H,1-2H3/t19-/m1/s1. The van der Waals surface area contributed by atoms with Crippen molar-refractivity contribution in [3.05, 3.63) is 65.9 Å². The lowest BCUT2D eigenvalue weighted by atomic mass is 9.87. The fraction of sp³-hybridized carbons (Fsp3) is 0.211. The van der Waals surface area contributed by atoms with E-state index in [0.29, 0.717) is 11.1 Å². The first-order valence-electron chi connectivity index (χ1n) is 7.77. The van der Waals surface area contributed by atoms with Crippen molar-refractivity contribution in [3.63, 3.8) is 0 Å². The minimum absolute atomic E-state index is 0.0251. The third-order valence-electron chi connectivity index (χ3n) is 4.58. The summed E-state index contributed by atoms with van der Waals surface area (Å²) in [7, 11) is 0. The van der Waals surface area contributed by atoms with Crippen LogP contribution < -0.4 is 4.90 Å². The summed E-state index contributed by atoms with van der Waals surface area (Å²) < 4.78 is 0. The first kappa shape index (κ1) is 14.0. The molecule has 1 amide bonds. The second kappa shape index (κ2) is 4.70. The van der Waals surface area contributed by atoms with Crippen molar-refractivity contribution in [3.8, 4) is 0 Å². The van der Waals surface area contributed by atoms with Gasteiger partial charge < -0.3 is 15.0 Å². The number of aliphatic hydroxyl groups is 1. The molecule has 0 spiro atoms. The van der Waals surface area contributed by atoms with E-state index in [2.05, 4.69) is 4.98 Å². The fourth-order valence-electron chi connectivity index (χ4n) is 3.53. The summed E-state index contributed by atoms with van der Waals surface area (Å²) in [6.07, 6.45) is 1.74. The van der Waals surface area contributed by atoms with Crippen molar-refractivity contribution >= 4 is 22.5 Å². The summed E-state index contributed by atoms with van der Waals surface area (Å²) in [6.45, 7) is 3.91. The van der Waals surface area contributed by atoms with Crippen molar-refractivity contribution in [1.29, 1.82) is 0 Å². The Bertz CT molecular complexity index is 912. The maximum atomic E-state index is 13.1. The third-order valence-corrected chi connectivity index (χ3v) is 4.58. The van der Waals surface area contributed by atoms with Crippen LogP contribution in [0.4, 0.5) is 5.69 Å². The lowest BCUT2D eigenvalue weighted by Gasteiger charge is -2.25. The average Bonchev–Trinajstić information content (AvgIpc) is 3.07. The van der Waals surface area contributed by atoms with Crippen molar-refractivity contribution < 1.29 is 9.90 Å². The summed E-state index contributed by atoms with van der Waals surface area (Å²) in [6, 6.07) is 15.1. The Labute approximate surface area is 134 Å². The summed E-state index contributed by atoms with van der Waals surface area (Å²) in [5.74, 6) is -0.293. The van der Waals surface area contributed by atoms with Gasteiger partial charge in [-0.15, -0.1) is 0 Å². The van der Waals surface area contributed by atoms with E-state index in [1.54, 1.807) is 11.1 Å². The lowest BCUT2D eigenvalue weighted by Crippen LogP contribution is -2.44. The predicted octanol–water partition coefficient (Wildman–Crippen LogP) is 3.16. The Morgan fingerprint density at radius 2 is 1.74 bits per heavy atom. The Morgan fingerprint density at radius 1 is 1.04 bits per heavy atom. The Balaban J connectivity index is 2.02. The number of rotatable bonds is 2. The van der Waals surface area contributed by atoms with Crippen LogP contribution in [0.3, 0.4) is 0 Å². The highest BCUT2D eigenvalue weighted by Gasteiger charge is 2.52. The minimum atomic E-state index is -1.65. The molecule has 23 heavy (non-hydrogen) atoms. The Hall–Kier alpha value is -2.59. The molecule has 0 unspecified atom stereocenters.